The summed E-state index contributed by atoms with van der Waals surface area (Å²) in [7, 11) is 0. The second-order valence-electron chi connectivity index (χ2n) is 10.1. The normalized spacial score (nSPS) is 11.8. The number of hydrogen-bond acceptors (Lipinski definition) is 3. The van der Waals surface area contributed by atoms with Gasteiger partial charge in [-0.05, 0) is 30.9 Å². The zero-order chi connectivity index (χ0) is 26.6. The lowest BCUT2D eigenvalue weighted by Crippen LogP contribution is -2.07. The molecule has 0 aliphatic carbocycles. The summed E-state index contributed by atoms with van der Waals surface area (Å²) in [6, 6.07) is 17.5. The van der Waals surface area contributed by atoms with E-state index < -0.39 is 0 Å². The van der Waals surface area contributed by atoms with Gasteiger partial charge in [0.05, 0.1) is 6.10 Å². The summed E-state index contributed by atoms with van der Waals surface area (Å²) in [6.45, 7) is 6.54. The molecule has 0 spiro atoms. The van der Waals surface area contributed by atoms with Crippen molar-refractivity contribution < 1.29 is 14.3 Å². The van der Waals surface area contributed by atoms with Gasteiger partial charge in [-0.25, -0.2) is 0 Å². The molecule has 1 unspecified atom stereocenters. The molecule has 0 heterocycles. The molecular weight excluding hydrogens is 456 g/mol. The Hall–Kier alpha value is -2.52. The molecule has 3 heteroatoms. The number of allylic oxidation sites excluding steroid dienone is 1. The van der Waals surface area contributed by atoms with E-state index in [-0.39, 0.29) is 17.7 Å². The van der Waals surface area contributed by atoms with Crippen LogP contribution in [0.15, 0.2) is 67.3 Å². The van der Waals surface area contributed by atoms with E-state index in [4.69, 9.17) is 4.74 Å². The molecule has 0 aliphatic heterocycles. The van der Waals surface area contributed by atoms with Gasteiger partial charge in [-0.1, -0.05) is 139 Å². The van der Waals surface area contributed by atoms with E-state index in [2.05, 4.69) is 25.6 Å². The van der Waals surface area contributed by atoms with Crippen molar-refractivity contribution in [2.75, 3.05) is 6.61 Å². The van der Waals surface area contributed by atoms with Gasteiger partial charge in [-0.15, -0.1) is 0 Å². The molecule has 0 aliphatic rings. The van der Waals surface area contributed by atoms with Crippen LogP contribution in [0.2, 0.25) is 0 Å². The number of carbonyl (C=O) groups is 2. The van der Waals surface area contributed by atoms with Crippen molar-refractivity contribution >= 4 is 11.6 Å². The van der Waals surface area contributed by atoms with Gasteiger partial charge in [0.1, 0.15) is 0 Å². The lowest BCUT2D eigenvalue weighted by Gasteiger charge is -2.19. The monoisotopic (exact) mass is 504 g/mol. The molecule has 0 saturated carbocycles. The summed E-state index contributed by atoms with van der Waals surface area (Å²) in [4.78, 5) is 24.0. The minimum Gasteiger partial charge on any atom is -0.374 e. The summed E-state index contributed by atoms with van der Waals surface area (Å²) in [5, 5.41) is 0. The van der Waals surface area contributed by atoms with Gasteiger partial charge in [0.25, 0.3) is 0 Å². The predicted molar refractivity (Wildman–Crippen MR) is 155 cm³/mol. The highest BCUT2D eigenvalue weighted by atomic mass is 16.5. The maximum absolute atomic E-state index is 12.7. The van der Waals surface area contributed by atoms with Crippen molar-refractivity contribution in [3.63, 3.8) is 0 Å². The molecule has 0 saturated heterocycles. The number of hydrogen-bond donors (Lipinski definition) is 0. The molecule has 1 atom stereocenters. The van der Waals surface area contributed by atoms with Crippen LogP contribution < -0.4 is 0 Å². The molecule has 0 fully saturated rings. The summed E-state index contributed by atoms with van der Waals surface area (Å²) in [5.41, 5.74) is 2.63. The first kappa shape index (κ1) is 30.7. The molecule has 202 valence electrons. The standard InChI is InChI=1S/C34H48O3/c1-3-5-19-28-37-33(23-18-13-11-9-7-6-8-10-12-17-22-32(35)4-2)29-24-26-31(27-25-29)34(36)30-20-15-14-16-21-30/h4,14-16,20-21,24-27,33H,2-3,5-13,17-19,22-23,28H2,1H3. The lowest BCUT2D eigenvalue weighted by atomic mass is 9.98. The topological polar surface area (TPSA) is 43.4 Å². The van der Waals surface area contributed by atoms with E-state index in [9.17, 15) is 9.59 Å². The van der Waals surface area contributed by atoms with Gasteiger partial charge < -0.3 is 4.74 Å². The minimum absolute atomic E-state index is 0.0651. The van der Waals surface area contributed by atoms with Crippen LogP contribution in [0.4, 0.5) is 0 Å². The van der Waals surface area contributed by atoms with Crippen LogP contribution in [-0.4, -0.2) is 18.2 Å². The zero-order valence-corrected chi connectivity index (χ0v) is 23.1. The summed E-state index contributed by atoms with van der Waals surface area (Å²) < 4.78 is 6.32. The Morgan fingerprint density at radius 1 is 0.730 bits per heavy atom. The van der Waals surface area contributed by atoms with Crippen molar-refractivity contribution in [3.05, 3.63) is 83.9 Å². The highest BCUT2D eigenvalue weighted by Crippen LogP contribution is 2.26. The van der Waals surface area contributed by atoms with Gasteiger partial charge in [-0.3, -0.25) is 9.59 Å². The minimum atomic E-state index is 0.0651. The average molecular weight is 505 g/mol. The molecule has 0 N–H and O–H groups in total. The first-order chi connectivity index (χ1) is 18.2. The molecule has 37 heavy (non-hydrogen) atoms. The maximum Gasteiger partial charge on any atom is 0.193 e. The van der Waals surface area contributed by atoms with Gasteiger partial charge in [0.2, 0.25) is 0 Å². The Labute approximate surface area is 225 Å². The summed E-state index contributed by atoms with van der Waals surface area (Å²) in [6.07, 6.45) is 19.0. The number of rotatable bonds is 22. The van der Waals surface area contributed by atoms with Gasteiger partial charge >= 0.3 is 0 Å². The van der Waals surface area contributed by atoms with Crippen molar-refractivity contribution in [1.29, 1.82) is 0 Å². The van der Waals surface area contributed by atoms with Crippen molar-refractivity contribution in [2.24, 2.45) is 0 Å². The summed E-state index contributed by atoms with van der Waals surface area (Å²) >= 11 is 0. The number of ether oxygens (including phenoxy) is 1. The number of unbranched alkanes of at least 4 members (excludes halogenated alkanes) is 11. The molecule has 0 amide bonds. The summed E-state index contributed by atoms with van der Waals surface area (Å²) in [5.74, 6) is 0.235. The zero-order valence-electron chi connectivity index (χ0n) is 23.1. The van der Waals surface area contributed by atoms with E-state index in [1.54, 1.807) is 0 Å². The third kappa shape index (κ3) is 13.0. The molecule has 2 rings (SSSR count). The predicted octanol–water partition coefficient (Wildman–Crippen LogP) is 9.60. The Bertz CT molecular complexity index is 885. The number of ketones is 2. The number of carbonyl (C=O) groups excluding carboxylic acids is 2. The molecule has 0 bridgehead atoms. The Morgan fingerprint density at radius 3 is 1.89 bits per heavy atom. The van der Waals surface area contributed by atoms with E-state index >= 15 is 0 Å². The van der Waals surface area contributed by atoms with Gasteiger partial charge in [-0.2, -0.15) is 0 Å². The highest BCUT2D eigenvalue weighted by Gasteiger charge is 2.14. The number of benzene rings is 2. The third-order valence-electron chi connectivity index (χ3n) is 7.01. The third-order valence-corrected chi connectivity index (χ3v) is 7.01. The highest BCUT2D eigenvalue weighted by molar-refractivity contribution is 6.08. The smallest absolute Gasteiger partial charge is 0.193 e. The lowest BCUT2D eigenvalue weighted by molar-refractivity contribution is -0.114. The largest absolute Gasteiger partial charge is 0.374 e. The Balaban J connectivity index is 1.70. The first-order valence-corrected chi connectivity index (χ1v) is 14.6. The second kappa shape index (κ2) is 19.6. The van der Waals surface area contributed by atoms with Crippen molar-refractivity contribution in [3.8, 4) is 0 Å². The Kier molecular flexibility index (Phi) is 16.2. The van der Waals surface area contributed by atoms with Crippen LogP contribution in [-0.2, 0) is 9.53 Å². The second-order valence-corrected chi connectivity index (χ2v) is 10.1. The fourth-order valence-corrected chi connectivity index (χ4v) is 4.67. The van der Waals surface area contributed by atoms with Crippen LogP contribution in [0.1, 0.15) is 131 Å². The molecule has 2 aromatic rings. The van der Waals surface area contributed by atoms with Crippen LogP contribution in [0.25, 0.3) is 0 Å². The molecule has 0 radical (unpaired) electrons. The Morgan fingerprint density at radius 2 is 1.30 bits per heavy atom. The van der Waals surface area contributed by atoms with E-state index in [0.29, 0.717) is 6.42 Å². The van der Waals surface area contributed by atoms with E-state index in [0.717, 1.165) is 43.4 Å². The fraction of sp³-hybridized carbons (Fsp3) is 0.529. The van der Waals surface area contributed by atoms with Crippen LogP contribution in [0, 0.1) is 0 Å². The SMILES string of the molecule is C=CC(=O)CCCCCCCCCCCCC(OCCCCC)c1ccc(C(=O)c2ccccc2)cc1. The van der Waals surface area contributed by atoms with E-state index in [1.807, 2.05) is 42.5 Å². The quantitative estimate of drug-likeness (QED) is 0.0910. The van der Waals surface area contributed by atoms with Crippen LogP contribution in [0.5, 0.6) is 0 Å². The van der Waals surface area contributed by atoms with Crippen LogP contribution >= 0.6 is 0 Å². The van der Waals surface area contributed by atoms with Crippen LogP contribution in [0.3, 0.4) is 0 Å². The first-order valence-electron chi connectivity index (χ1n) is 14.6. The molecule has 2 aromatic carbocycles. The van der Waals surface area contributed by atoms with Gasteiger partial charge in [0.15, 0.2) is 11.6 Å². The van der Waals surface area contributed by atoms with Crippen molar-refractivity contribution in [1.82, 2.24) is 0 Å². The average Bonchev–Trinajstić information content (AvgIpc) is 2.94. The van der Waals surface area contributed by atoms with Gasteiger partial charge in [0, 0.05) is 24.2 Å². The maximum atomic E-state index is 12.7. The molecular formula is C34H48O3. The molecule has 3 nitrogen and oxygen atoms in total. The van der Waals surface area contributed by atoms with E-state index in [1.165, 1.54) is 75.8 Å². The fourth-order valence-electron chi connectivity index (χ4n) is 4.67. The molecule has 0 aromatic heterocycles. The van der Waals surface area contributed by atoms with Crippen molar-refractivity contribution in [2.45, 2.75) is 109 Å².